The lowest BCUT2D eigenvalue weighted by Gasteiger charge is -2.13. The summed E-state index contributed by atoms with van der Waals surface area (Å²) in [6, 6.07) is 12.8. The van der Waals surface area contributed by atoms with E-state index in [4.69, 9.17) is 21.7 Å². The van der Waals surface area contributed by atoms with Gasteiger partial charge in [0.1, 0.15) is 27.9 Å². The van der Waals surface area contributed by atoms with E-state index in [1.165, 1.54) is 0 Å². The van der Waals surface area contributed by atoms with Crippen molar-refractivity contribution in [3.63, 3.8) is 0 Å². The monoisotopic (exact) mass is 480 g/mol. The molecule has 3 aromatic rings. The summed E-state index contributed by atoms with van der Waals surface area (Å²) in [6.45, 7) is 3.84. The number of para-hydroxylation sites is 1. The topological polar surface area (TPSA) is 90.3 Å². The summed E-state index contributed by atoms with van der Waals surface area (Å²) in [5.74, 6) is 1.09. The maximum absolute atomic E-state index is 10.0. The zero-order valence-electron chi connectivity index (χ0n) is 15.1. The third kappa shape index (κ3) is 4.76. The summed E-state index contributed by atoms with van der Waals surface area (Å²) in [6.07, 6.45) is 0. The number of benzene rings is 2. The average Bonchev–Trinajstić information content (AvgIpc) is 2.99. The highest BCUT2D eigenvalue weighted by Crippen LogP contribution is 2.37. The zero-order valence-corrected chi connectivity index (χ0v) is 18.2. The molecule has 9 heteroatoms. The standard InChI is InChI=1S/C19H18BrClN4O2S/c1-10(2)23-17(22)16-18(26)25-28-19(16)24-11-7-8-15(13(21)9-11)27-14-6-4-3-5-12(14)20/h3-10,24H,1-2H3,(H2,22,23)(H,25,26). The minimum Gasteiger partial charge on any atom is -0.492 e. The Morgan fingerprint density at radius 2 is 2.00 bits per heavy atom. The Morgan fingerprint density at radius 1 is 1.25 bits per heavy atom. The highest BCUT2D eigenvalue weighted by atomic mass is 79.9. The largest absolute Gasteiger partial charge is 0.492 e. The Hall–Kier alpha value is -2.29. The van der Waals surface area contributed by atoms with Crippen molar-refractivity contribution in [2.24, 2.45) is 0 Å². The predicted molar refractivity (Wildman–Crippen MR) is 118 cm³/mol. The number of halogens is 2. The van der Waals surface area contributed by atoms with Gasteiger partial charge in [-0.2, -0.15) is 4.37 Å². The fraction of sp³-hybridized carbons (Fsp3) is 0.158. The predicted octanol–water partition coefficient (Wildman–Crippen LogP) is 6.12. The molecule has 0 radical (unpaired) electrons. The van der Waals surface area contributed by atoms with Crippen LogP contribution in [0.2, 0.25) is 5.02 Å². The number of aromatic nitrogens is 1. The van der Waals surface area contributed by atoms with Crippen molar-refractivity contribution in [1.29, 1.82) is 5.41 Å². The Bertz CT molecular complexity index is 1010. The van der Waals surface area contributed by atoms with E-state index in [-0.39, 0.29) is 17.8 Å². The van der Waals surface area contributed by atoms with Crippen molar-refractivity contribution in [1.82, 2.24) is 9.69 Å². The van der Waals surface area contributed by atoms with Crippen LogP contribution in [0.5, 0.6) is 17.4 Å². The first-order valence-electron chi connectivity index (χ1n) is 8.38. The summed E-state index contributed by atoms with van der Waals surface area (Å²) in [5, 5.41) is 25.3. The first kappa shape index (κ1) is 20.4. The number of ether oxygens (including phenoxy) is 1. The minimum absolute atomic E-state index is 0.0582. The molecular weight excluding hydrogens is 464 g/mol. The van der Waals surface area contributed by atoms with E-state index in [9.17, 15) is 5.11 Å². The van der Waals surface area contributed by atoms with Crippen LogP contribution in [0.3, 0.4) is 0 Å². The van der Waals surface area contributed by atoms with Crippen LogP contribution in [0, 0.1) is 5.41 Å². The quantitative estimate of drug-likeness (QED) is 0.251. The van der Waals surface area contributed by atoms with Gasteiger partial charge >= 0.3 is 0 Å². The third-order valence-electron chi connectivity index (χ3n) is 3.60. The summed E-state index contributed by atoms with van der Waals surface area (Å²) < 4.78 is 10.6. The molecule has 0 aliphatic heterocycles. The van der Waals surface area contributed by atoms with Crippen molar-refractivity contribution in [2.75, 3.05) is 5.32 Å². The van der Waals surface area contributed by atoms with Crippen LogP contribution >= 0.6 is 39.1 Å². The summed E-state index contributed by atoms with van der Waals surface area (Å²) >= 11 is 10.9. The van der Waals surface area contributed by atoms with Gasteiger partial charge in [-0.05, 0) is 71.6 Å². The fourth-order valence-corrected chi connectivity index (χ4v) is 3.69. The Morgan fingerprint density at radius 3 is 2.68 bits per heavy atom. The molecule has 0 bridgehead atoms. The van der Waals surface area contributed by atoms with Crippen molar-refractivity contribution >= 4 is 55.6 Å². The van der Waals surface area contributed by atoms with E-state index in [1.807, 2.05) is 38.1 Å². The number of rotatable bonds is 6. The lowest BCUT2D eigenvalue weighted by atomic mass is 10.2. The van der Waals surface area contributed by atoms with Gasteiger partial charge in [0.2, 0.25) is 5.88 Å². The lowest BCUT2D eigenvalue weighted by Crippen LogP contribution is -2.30. The van der Waals surface area contributed by atoms with Gasteiger partial charge in [-0.1, -0.05) is 23.7 Å². The van der Waals surface area contributed by atoms with Crippen LogP contribution in [0.25, 0.3) is 0 Å². The molecule has 1 aromatic heterocycles. The van der Waals surface area contributed by atoms with E-state index in [0.717, 1.165) is 16.0 Å². The van der Waals surface area contributed by atoms with Crippen LogP contribution < -0.4 is 15.4 Å². The number of nitrogens with one attached hydrogen (secondary N) is 3. The van der Waals surface area contributed by atoms with Gasteiger partial charge in [0.05, 0.1) is 9.50 Å². The Kier molecular flexibility index (Phi) is 6.43. The van der Waals surface area contributed by atoms with E-state index in [1.54, 1.807) is 18.2 Å². The van der Waals surface area contributed by atoms with Crippen LogP contribution in [0.4, 0.5) is 10.7 Å². The van der Waals surface area contributed by atoms with Crippen LogP contribution in [0.1, 0.15) is 19.4 Å². The molecule has 0 saturated heterocycles. The molecule has 4 N–H and O–H groups in total. The molecule has 0 spiro atoms. The van der Waals surface area contributed by atoms with Crippen LogP contribution in [-0.4, -0.2) is 21.4 Å². The molecule has 28 heavy (non-hydrogen) atoms. The SMILES string of the molecule is CC(C)NC(=N)c1c(O)nsc1Nc1ccc(Oc2ccccc2Br)c(Cl)c1. The second kappa shape index (κ2) is 8.81. The third-order valence-corrected chi connectivity index (χ3v) is 5.31. The summed E-state index contributed by atoms with van der Waals surface area (Å²) in [7, 11) is 0. The molecule has 0 aliphatic carbocycles. The summed E-state index contributed by atoms with van der Waals surface area (Å²) in [4.78, 5) is 0. The second-order valence-corrected chi connectivity index (χ2v) is 8.22. The van der Waals surface area contributed by atoms with Crippen molar-refractivity contribution in [3.05, 3.63) is 57.5 Å². The maximum atomic E-state index is 10.0. The van der Waals surface area contributed by atoms with Gasteiger partial charge in [0.25, 0.3) is 0 Å². The van der Waals surface area contributed by atoms with E-state index >= 15 is 0 Å². The molecule has 0 unspecified atom stereocenters. The molecule has 2 aromatic carbocycles. The van der Waals surface area contributed by atoms with Crippen molar-refractivity contribution < 1.29 is 9.84 Å². The van der Waals surface area contributed by atoms with Gasteiger partial charge < -0.3 is 20.5 Å². The second-order valence-electron chi connectivity index (χ2n) is 6.19. The Balaban J connectivity index is 1.80. The molecule has 146 valence electrons. The van der Waals surface area contributed by atoms with Gasteiger partial charge in [0.15, 0.2) is 0 Å². The van der Waals surface area contributed by atoms with Gasteiger partial charge in [-0.3, -0.25) is 5.41 Å². The molecule has 0 atom stereocenters. The number of anilines is 2. The fourth-order valence-electron chi connectivity index (χ4n) is 2.39. The Labute approximate surface area is 180 Å². The van der Waals surface area contributed by atoms with Crippen LogP contribution in [-0.2, 0) is 0 Å². The highest BCUT2D eigenvalue weighted by Gasteiger charge is 2.19. The maximum Gasteiger partial charge on any atom is 0.236 e. The summed E-state index contributed by atoms with van der Waals surface area (Å²) in [5.41, 5.74) is 1.01. The van der Waals surface area contributed by atoms with Crippen molar-refractivity contribution in [2.45, 2.75) is 19.9 Å². The average molecular weight is 482 g/mol. The van der Waals surface area contributed by atoms with Crippen molar-refractivity contribution in [3.8, 4) is 17.4 Å². The zero-order chi connectivity index (χ0) is 20.3. The number of nitrogens with zero attached hydrogens (tertiary/aromatic N) is 1. The first-order chi connectivity index (χ1) is 13.3. The molecule has 0 amide bonds. The van der Waals surface area contributed by atoms with Gasteiger partial charge in [-0.25, -0.2) is 0 Å². The first-order valence-corrected chi connectivity index (χ1v) is 10.3. The van der Waals surface area contributed by atoms with E-state index < -0.39 is 0 Å². The molecular formula is C19H18BrClN4O2S. The van der Waals surface area contributed by atoms with Gasteiger partial charge in [0, 0.05) is 11.7 Å². The highest BCUT2D eigenvalue weighted by molar-refractivity contribution is 9.10. The molecule has 0 aliphatic rings. The molecule has 6 nitrogen and oxygen atoms in total. The van der Waals surface area contributed by atoms with Gasteiger partial charge in [-0.15, -0.1) is 0 Å². The van der Waals surface area contributed by atoms with E-state index in [0.29, 0.717) is 32.8 Å². The number of hydrogen-bond donors (Lipinski definition) is 4. The molecule has 0 saturated carbocycles. The molecule has 0 fully saturated rings. The van der Waals surface area contributed by atoms with E-state index in [2.05, 4.69) is 30.9 Å². The van der Waals surface area contributed by atoms with Crippen LogP contribution in [0.15, 0.2) is 46.9 Å². The lowest BCUT2D eigenvalue weighted by molar-refractivity contribution is 0.458. The molecule has 3 rings (SSSR count). The normalized spacial score (nSPS) is 10.8. The molecule has 1 heterocycles. The number of amidine groups is 1. The number of hydrogen-bond acceptors (Lipinski definition) is 6. The number of aromatic hydroxyl groups is 1. The smallest absolute Gasteiger partial charge is 0.236 e. The minimum atomic E-state index is -0.189.